The van der Waals surface area contributed by atoms with Crippen LogP contribution in [0.2, 0.25) is 0 Å². The van der Waals surface area contributed by atoms with Crippen LogP contribution >= 0.6 is 0 Å². The minimum absolute atomic E-state index is 0.149. The maximum Gasteiger partial charge on any atom is 0.332 e. The highest BCUT2D eigenvalue weighted by Crippen LogP contribution is 2.08. The second kappa shape index (κ2) is 5.48. The summed E-state index contributed by atoms with van der Waals surface area (Å²) in [4.78, 5) is 23.6. The van der Waals surface area contributed by atoms with Crippen molar-refractivity contribution in [1.82, 2.24) is 9.13 Å². The molecule has 0 atom stereocenters. The van der Waals surface area contributed by atoms with Crippen molar-refractivity contribution >= 4 is 0 Å². The first kappa shape index (κ1) is 13.7. The predicted molar refractivity (Wildman–Crippen MR) is 66.0 cm³/mol. The van der Waals surface area contributed by atoms with E-state index in [9.17, 15) is 18.4 Å². The molecule has 0 fully saturated rings. The maximum absolute atomic E-state index is 13.1. The van der Waals surface area contributed by atoms with E-state index in [4.69, 9.17) is 5.26 Å². The average Bonchev–Trinajstić information content (AvgIpc) is 2.37. The molecule has 1 heterocycles. The van der Waals surface area contributed by atoms with Crippen molar-refractivity contribution in [3.05, 3.63) is 68.5 Å². The van der Waals surface area contributed by atoms with Crippen LogP contribution in [-0.2, 0) is 13.1 Å². The van der Waals surface area contributed by atoms with Crippen molar-refractivity contribution in [3.63, 3.8) is 0 Å². The first-order valence-corrected chi connectivity index (χ1v) is 5.63. The van der Waals surface area contributed by atoms with Crippen LogP contribution in [0.15, 0.2) is 40.1 Å². The smallest absolute Gasteiger partial charge is 0.287 e. The topological polar surface area (TPSA) is 67.8 Å². The number of rotatable bonds is 3. The van der Waals surface area contributed by atoms with Crippen LogP contribution in [0, 0.1) is 23.0 Å². The van der Waals surface area contributed by atoms with E-state index in [1.807, 2.05) is 0 Å². The molecule has 1 aromatic heterocycles. The van der Waals surface area contributed by atoms with Crippen LogP contribution < -0.4 is 11.2 Å². The molecule has 5 nitrogen and oxygen atoms in total. The van der Waals surface area contributed by atoms with Crippen molar-refractivity contribution in [3.8, 4) is 6.07 Å². The molecule has 1 aromatic carbocycles. The van der Waals surface area contributed by atoms with Crippen molar-refractivity contribution in [1.29, 1.82) is 5.26 Å². The lowest BCUT2D eigenvalue weighted by Gasteiger charge is -2.07. The van der Waals surface area contributed by atoms with Crippen LogP contribution in [0.25, 0.3) is 0 Å². The Hall–Kier alpha value is -2.75. The molecule has 0 aliphatic rings. The van der Waals surface area contributed by atoms with E-state index in [2.05, 4.69) is 0 Å². The van der Waals surface area contributed by atoms with Gasteiger partial charge in [-0.2, -0.15) is 5.26 Å². The van der Waals surface area contributed by atoms with Gasteiger partial charge in [0, 0.05) is 18.3 Å². The summed E-state index contributed by atoms with van der Waals surface area (Å²) < 4.78 is 28.0. The Morgan fingerprint density at radius 2 is 1.80 bits per heavy atom. The standard InChI is InChI=1S/C13H9F2N3O2/c14-10-5-9(6-11(15)7-10)8-18-12(19)1-3-17(4-2-16)13(18)20/h1,3,5-7H,4,8H2. The van der Waals surface area contributed by atoms with Gasteiger partial charge in [0.15, 0.2) is 0 Å². The number of nitriles is 1. The number of halogens is 2. The number of hydrogen-bond acceptors (Lipinski definition) is 3. The molecule has 0 N–H and O–H groups in total. The third-order valence-corrected chi connectivity index (χ3v) is 2.64. The fourth-order valence-electron chi connectivity index (χ4n) is 1.78. The van der Waals surface area contributed by atoms with E-state index in [-0.39, 0.29) is 18.7 Å². The van der Waals surface area contributed by atoms with Gasteiger partial charge in [-0.3, -0.25) is 13.9 Å². The van der Waals surface area contributed by atoms with Gasteiger partial charge in [-0.05, 0) is 17.7 Å². The number of hydrogen-bond donors (Lipinski definition) is 0. The van der Waals surface area contributed by atoms with Gasteiger partial charge >= 0.3 is 5.69 Å². The largest absolute Gasteiger partial charge is 0.332 e. The second-order valence-corrected chi connectivity index (χ2v) is 4.09. The van der Waals surface area contributed by atoms with Crippen LogP contribution in [-0.4, -0.2) is 9.13 Å². The van der Waals surface area contributed by atoms with E-state index < -0.39 is 22.9 Å². The SMILES string of the molecule is N#CCn1ccc(=O)n(Cc2cc(F)cc(F)c2)c1=O. The molecule has 0 amide bonds. The molecule has 0 unspecified atom stereocenters. The molecular weight excluding hydrogens is 268 g/mol. The van der Waals surface area contributed by atoms with Crippen molar-refractivity contribution in [2.45, 2.75) is 13.1 Å². The Bertz CT molecular complexity index is 782. The van der Waals surface area contributed by atoms with E-state index in [0.717, 1.165) is 27.3 Å². The lowest BCUT2D eigenvalue weighted by atomic mass is 10.2. The summed E-state index contributed by atoms with van der Waals surface area (Å²) in [5.41, 5.74) is -1.16. The molecule has 0 aliphatic heterocycles. The highest BCUT2D eigenvalue weighted by molar-refractivity contribution is 5.18. The van der Waals surface area contributed by atoms with Gasteiger partial charge in [0.1, 0.15) is 18.2 Å². The molecular formula is C13H9F2N3O2. The first-order valence-electron chi connectivity index (χ1n) is 5.63. The summed E-state index contributed by atoms with van der Waals surface area (Å²) in [6.07, 6.45) is 1.20. The van der Waals surface area contributed by atoms with Gasteiger partial charge in [0.25, 0.3) is 5.56 Å². The molecule has 102 valence electrons. The van der Waals surface area contributed by atoms with Crippen molar-refractivity contribution < 1.29 is 8.78 Å². The van der Waals surface area contributed by atoms with E-state index in [1.54, 1.807) is 6.07 Å². The Morgan fingerprint density at radius 1 is 1.15 bits per heavy atom. The zero-order valence-electron chi connectivity index (χ0n) is 10.2. The van der Waals surface area contributed by atoms with Gasteiger partial charge in [0.05, 0.1) is 12.6 Å². The Morgan fingerprint density at radius 3 is 2.40 bits per heavy atom. The van der Waals surface area contributed by atoms with Gasteiger partial charge in [-0.15, -0.1) is 0 Å². The zero-order chi connectivity index (χ0) is 14.7. The summed E-state index contributed by atoms with van der Waals surface area (Å²) in [6, 6.07) is 5.68. The minimum Gasteiger partial charge on any atom is -0.287 e. The quantitative estimate of drug-likeness (QED) is 0.835. The first-order chi connectivity index (χ1) is 9.51. The fraction of sp³-hybridized carbons (Fsp3) is 0.154. The Kier molecular flexibility index (Phi) is 3.75. The molecule has 7 heteroatoms. The number of benzene rings is 1. The molecule has 2 aromatic rings. The Balaban J connectivity index is 2.48. The summed E-state index contributed by atoms with van der Waals surface area (Å²) in [5.74, 6) is -1.58. The molecule has 0 radical (unpaired) electrons. The molecule has 0 saturated carbocycles. The lowest BCUT2D eigenvalue weighted by molar-refractivity contribution is 0.571. The third-order valence-electron chi connectivity index (χ3n) is 2.64. The van der Waals surface area contributed by atoms with Gasteiger partial charge in [0.2, 0.25) is 0 Å². The van der Waals surface area contributed by atoms with Crippen LogP contribution in [0.5, 0.6) is 0 Å². The molecule has 2 rings (SSSR count). The van der Waals surface area contributed by atoms with Crippen molar-refractivity contribution in [2.24, 2.45) is 0 Å². The summed E-state index contributed by atoms with van der Waals surface area (Å²) >= 11 is 0. The second-order valence-electron chi connectivity index (χ2n) is 4.09. The zero-order valence-corrected chi connectivity index (χ0v) is 10.2. The summed E-state index contributed by atoms with van der Waals surface area (Å²) in [7, 11) is 0. The summed E-state index contributed by atoms with van der Waals surface area (Å²) in [5, 5.41) is 8.57. The molecule has 0 bridgehead atoms. The van der Waals surface area contributed by atoms with Crippen molar-refractivity contribution in [2.75, 3.05) is 0 Å². The molecule has 0 spiro atoms. The number of nitrogens with zero attached hydrogens (tertiary/aromatic N) is 3. The van der Waals surface area contributed by atoms with Crippen LogP contribution in [0.1, 0.15) is 5.56 Å². The van der Waals surface area contributed by atoms with E-state index in [0.29, 0.717) is 6.07 Å². The van der Waals surface area contributed by atoms with Gasteiger partial charge in [-0.25, -0.2) is 13.6 Å². The number of aromatic nitrogens is 2. The van der Waals surface area contributed by atoms with E-state index in [1.165, 1.54) is 6.20 Å². The van der Waals surface area contributed by atoms with Gasteiger partial charge in [-0.1, -0.05) is 0 Å². The monoisotopic (exact) mass is 277 g/mol. The fourth-order valence-corrected chi connectivity index (χ4v) is 1.78. The normalized spacial score (nSPS) is 10.2. The summed E-state index contributed by atoms with van der Waals surface area (Å²) in [6.45, 7) is -0.477. The van der Waals surface area contributed by atoms with Crippen LogP contribution in [0.4, 0.5) is 8.78 Å². The maximum atomic E-state index is 13.1. The van der Waals surface area contributed by atoms with Crippen LogP contribution in [0.3, 0.4) is 0 Å². The lowest BCUT2D eigenvalue weighted by Crippen LogP contribution is -2.39. The molecule has 0 saturated heterocycles. The molecule has 20 heavy (non-hydrogen) atoms. The Labute approximate surface area is 111 Å². The van der Waals surface area contributed by atoms with Gasteiger partial charge < -0.3 is 0 Å². The highest BCUT2D eigenvalue weighted by atomic mass is 19.1. The molecule has 0 aliphatic carbocycles. The predicted octanol–water partition coefficient (Wildman–Crippen LogP) is 0.860. The highest BCUT2D eigenvalue weighted by Gasteiger charge is 2.07. The van der Waals surface area contributed by atoms with E-state index >= 15 is 0 Å². The third kappa shape index (κ3) is 2.80. The average molecular weight is 277 g/mol. The minimum atomic E-state index is -0.790.